The first kappa shape index (κ1) is 17.2. The van der Waals surface area contributed by atoms with Gasteiger partial charge in [-0.25, -0.2) is 17.6 Å². The molecular weight excluding hydrogens is 280 g/mol. The summed E-state index contributed by atoms with van der Waals surface area (Å²) in [5.41, 5.74) is 0. The molecule has 0 amide bonds. The highest BCUT2D eigenvalue weighted by Crippen LogP contribution is 2.35. The minimum atomic E-state index is -3.83. The van der Waals surface area contributed by atoms with Gasteiger partial charge in [0.05, 0.1) is 13.0 Å². The van der Waals surface area contributed by atoms with E-state index in [9.17, 15) is 22.4 Å². The molecule has 118 valence electrons. The number of halogens is 4. The summed E-state index contributed by atoms with van der Waals surface area (Å²) in [6, 6.07) is 0. The first-order valence-electron chi connectivity index (χ1n) is 6.61. The van der Waals surface area contributed by atoms with Crippen molar-refractivity contribution in [2.75, 3.05) is 13.2 Å². The van der Waals surface area contributed by atoms with E-state index < -0.39 is 36.9 Å². The molecule has 1 fully saturated rings. The van der Waals surface area contributed by atoms with Crippen LogP contribution >= 0.6 is 0 Å². The minimum Gasteiger partial charge on any atom is -0.454 e. The summed E-state index contributed by atoms with van der Waals surface area (Å²) in [5.74, 6) is -7.75. The van der Waals surface area contributed by atoms with Crippen LogP contribution < -0.4 is 0 Å². The average Bonchev–Trinajstić information content (AvgIpc) is 3.02. The molecule has 1 saturated carbocycles. The Morgan fingerprint density at radius 2 is 1.90 bits per heavy atom. The van der Waals surface area contributed by atoms with Crippen molar-refractivity contribution in [2.45, 2.75) is 57.5 Å². The second kappa shape index (κ2) is 6.74. The highest BCUT2D eigenvalue weighted by atomic mass is 19.3. The van der Waals surface area contributed by atoms with E-state index in [1.807, 2.05) is 0 Å². The molecule has 1 aliphatic rings. The second-order valence-electron chi connectivity index (χ2n) is 5.41. The fourth-order valence-corrected chi connectivity index (χ4v) is 1.82. The van der Waals surface area contributed by atoms with E-state index in [2.05, 4.69) is 4.74 Å². The quantitative estimate of drug-likeness (QED) is 0.372. The summed E-state index contributed by atoms with van der Waals surface area (Å²) in [6.45, 7) is 1.05. The Morgan fingerprint density at radius 3 is 2.35 bits per heavy atom. The van der Waals surface area contributed by atoms with E-state index in [1.165, 1.54) is 0 Å². The van der Waals surface area contributed by atoms with Gasteiger partial charge >= 0.3 is 5.97 Å². The fourth-order valence-electron chi connectivity index (χ4n) is 1.82. The topological polar surface area (TPSA) is 35.5 Å². The molecular formula is C13H20F4O3. The Labute approximate surface area is 115 Å². The average molecular weight is 300 g/mol. The van der Waals surface area contributed by atoms with Gasteiger partial charge in [-0.3, -0.25) is 4.79 Å². The van der Waals surface area contributed by atoms with Crippen LogP contribution in [0.25, 0.3) is 0 Å². The molecule has 0 aromatic carbocycles. The highest BCUT2D eigenvalue weighted by molar-refractivity contribution is 5.66. The number of carbonyl (C=O) groups is 1. The number of rotatable bonds is 9. The molecule has 3 nitrogen and oxygen atoms in total. The maximum atomic E-state index is 13.7. The Kier molecular flexibility index (Phi) is 5.79. The van der Waals surface area contributed by atoms with E-state index >= 15 is 0 Å². The van der Waals surface area contributed by atoms with Gasteiger partial charge in [0.2, 0.25) is 0 Å². The van der Waals surface area contributed by atoms with Crippen LogP contribution in [0.15, 0.2) is 0 Å². The van der Waals surface area contributed by atoms with Crippen LogP contribution in [-0.4, -0.2) is 37.1 Å². The maximum absolute atomic E-state index is 13.7. The van der Waals surface area contributed by atoms with Gasteiger partial charge < -0.3 is 9.47 Å². The minimum absolute atomic E-state index is 0.265. The normalized spacial score (nSPS) is 17.9. The molecule has 1 aliphatic carbocycles. The monoisotopic (exact) mass is 300 g/mol. The van der Waals surface area contributed by atoms with E-state index in [0.717, 1.165) is 26.2 Å². The van der Waals surface area contributed by atoms with Crippen molar-refractivity contribution in [1.82, 2.24) is 0 Å². The zero-order valence-electron chi connectivity index (χ0n) is 11.6. The second-order valence-corrected chi connectivity index (χ2v) is 5.41. The lowest BCUT2D eigenvalue weighted by Crippen LogP contribution is -2.44. The molecule has 0 saturated heterocycles. The lowest BCUT2D eigenvalue weighted by molar-refractivity contribution is -0.199. The maximum Gasteiger partial charge on any atom is 0.303 e. The van der Waals surface area contributed by atoms with E-state index in [0.29, 0.717) is 12.8 Å². The van der Waals surface area contributed by atoms with Gasteiger partial charge in [-0.2, -0.15) is 0 Å². The molecule has 0 aromatic rings. The predicted molar refractivity (Wildman–Crippen MR) is 63.9 cm³/mol. The molecule has 0 aliphatic heterocycles. The summed E-state index contributed by atoms with van der Waals surface area (Å²) >= 11 is 0. The number of ether oxygens (including phenoxy) is 2. The molecule has 1 rings (SSSR count). The fraction of sp³-hybridized carbons (Fsp3) is 0.923. The molecule has 1 unspecified atom stereocenters. The Bertz CT molecular complexity index is 324. The van der Waals surface area contributed by atoms with Crippen LogP contribution in [0.1, 0.15) is 39.5 Å². The lowest BCUT2D eigenvalue weighted by atomic mass is 10.1. The van der Waals surface area contributed by atoms with Crippen LogP contribution in [0.5, 0.6) is 0 Å². The van der Waals surface area contributed by atoms with Crippen molar-refractivity contribution in [3.63, 3.8) is 0 Å². The predicted octanol–water partition coefficient (Wildman–Crippen LogP) is 3.42. The van der Waals surface area contributed by atoms with E-state index in [-0.39, 0.29) is 6.61 Å². The summed E-state index contributed by atoms with van der Waals surface area (Å²) in [5, 5.41) is 0. The molecule has 1 atom stereocenters. The van der Waals surface area contributed by atoms with Crippen LogP contribution in [0.3, 0.4) is 0 Å². The number of hydrogen-bond acceptors (Lipinski definition) is 3. The smallest absolute Gasteiger partial charge is 0.303 e. The van der Waals surface area contributed by atoms with Crippen LogP contribution in [-0.2, 0) is 14.3 Å². The number of hydrogen-bond donors (Lipinski definition) is 0. The Balaban J connectivity index is 2.48. The molecule has 0 radical (unpaired) electrons. The standard InChI is InChI=1S/C13H20F4O3/c1-9(18)20-11(7-19-6-5-10-3-4-10)13(16,17)8-12(2,14)15/h10-11H,3-8H2,1-2H3. The third-order valence-electron chi connectivity index (χ3n) is 2.96. The van der Waals surface area contributed by atoms with Gasteiger partial charge in [0.25, 0.3) is 11.8 Å². The van der Waals surface area contributed by atoms with Crippen LogP contribution in [0.4, 0.5) is 17.6 Å². The summed E-state index contributed by atoms with van der Waals surface area (Å²) < 4.78 is 62.4. The molecule has 0 heterocycles. The molecule has 0 bridgehead atoms. The Morgan fingerprint density at radius 1 is 1.30 bits per heavy atom. The van der Waals surface area contributed by atoms with Crippen molar-refractivity contribution in [3.05, 3.63) is 0 Å². The zero-order valence-corrected chi connectivity index (χ0v) is 11.6. The van der Waals surface area contributed by atoms with Crippen molar-refractivity contribution in [2.24, 2.45) is 5.92 Å². The van der Waals surface area contributed by atoms with Gasteiger partial charge in [0.15, 0.2) is 6.10 Å². The third kappa shape index (κ3) is 7.07. The van der Waals surface area contributed by atoms with Crippen molar-refractivity contribution in [1.29, 1.82) is 0 Å². The van der Waals surface area contributed by atoms with Gasteiger partial charge in [0, 0.05) is 13.5 Å². The number of alkyl halides is 4. The lowest BCUT2D eigenvalue weighted by Gasteiger charge is -2.28. The van der Waals surface area contributed by atoms with E-state index in [4.69, 9.17) is 4.74 Å². The number of carbonyl (C=O) groups excluding carboxylic acids is 1. The van der Waals surface area contributed by atoms with E-state index in [1.54, 1.807) is 0 Å². The van der Waals surface area contributed by atoms with Gasteiger partial charge in [0.1, 0.15) is 0 Å². The zero-order chi connectivity index (χ0) is 15.4. The van der Waals surface area contributed by atoms with Gasteiger partial charge in [-0.1, -0.05) is 12.8 Å². The third-order valence-corrected chi connectivity index (χ3v) is 2.96. The first-order valence-corrected chi connectivity index (χ1v) is 6.61. The summed E-state index contributed by atoms with van der Waals surface area (Å²) in [4.78, 5) is 10.8. The number of esters is 1. The van der Waals surface area contributed by atoms with Crippen molar-refractivity contribution < 1.29 is 31.8 Å². The van der Waals surface area contributed by atoms with Crippen LogP contribution in [0, 0.1) is 5.92 Å². The van der Waals surface area contributed by atoms with Gasteiger partial charge in [-0.05, 0) is 19.3 Å². The van der Waals surface area contributed by atoms with Gasteiger partial charge in [-0.15, -0.1) is 0 Å². The SMILES string of the molecule is CC(=O)OC(COCCC1CC1)C(F)(F)CC(C)(F)F. The molecule has 0 N–H and O–H groups in total. The summed E-state index contributed by atoms with van der Waals surface area (Å²) in [7, 11) is 0. The Hall–Kier alpha value is -0.850. The van der Waals surface area contributed by atoms with Crippen LogP contribution in [0.2, 0.25) is 0 Å². The first-order chi connectivity index (χ1) is 9.10. The van der Waals surface area contributed by atoms with Crippen molar-refractivity contribution in [3.8, 4) is 0 Å². The largest absolute Gasteiger partial charge is 0.454 e. The molecule has 0 aromatic heterocycles. The molecule has 0 spiro atoms. The van der Waals surface area contributed by atoms with Crippen molar-refractivity contribution >= 4 is 5.97 Å². The summed E-state index contributed by atoms with van der Waals surface area (Å²) in [6.07, 6.45) is -0.694. The highest BCUT2D eigenvalue weighted by Gasteiger charge is 2.48. The molecule has 7 heteroatoms. The molecule has 20 heavy (non-hydrogen) atoms.